The Morgan fingerprint density at radius 2 is 1.88 bits per heavy atom. The van der Waals surface area contributed by atoms with Gasteiger partial charge in [0.15, 0.2) is 0 Å². The Labute approximate surface area is 143 Å². The number of benzene rings is 1. The predicted molar refractivity (Wildman–Crippen MR) is 84.1 cm³/mol. The van der Waals surface area contributed by atoms with E-state index in [0.717, 1.165) is 12.1 Å². The Balaban J connectivity index is 1.71. The van der Waals surface area contributed by atoms with Crippen molar-refractivity contribution in [2.75, 3.05) is 24.5 Å². The van der Waals surface area contributed by atoms with Gasteiger partial charge in [0.25, 0.3) is 0 Å². The second-order valence-corrected chi connectivity index (χ2v) is 6.93. The molecule has 3 rings (SSSR count). The van der Waals surface area contributed by atoms with Crippen LogP contribution in [0.3, 0.4) is 0 Å². The first-order chi connectivity index (χ1) is 11.6. The minimum absolute atomic E-state index is 0.186. The highest BCUT2D eigenvalue weighted by Gasteiger charge is 2.46. The van der Waals surface area contributed by atoms with Gasteiger partial charge >= 0.3 is 12.1 Å². The van der Waals surface area contributed by atoms with Gasteiger partial charge in [-0.25, -0.2) is 0 Å². The van der Waals surface area contributed by atoms with Gasteiger partial charge in [-0.1, -0.05) is 0 Å². The third kappa shape index (κ3) is 3.22. The van der Waals surface area contributed by atoms with E-state index in [1.807, 2.05) is 4.90 Å². The largest absolute Gasteiger partial charge is 0.481 e. The predicted octanol–water partition coefficient (Wildman–Crippen LogP) is 2.61. The summed E-state index contributed by atoms with van der Waals surface area (Å²) in [6, 6.07) is 4.12. The zero-order valence-electron chi connectivity index (χ0n) is 13.7. The maximum absolute atomic E-state index is 12.7. The molecule has 0 aliphatic carbocycles. The molecule has 1 N–H and O–H groups in total. The summed E-state index contributed by atoms with van der Waals surface area (Å²) in [5.74, 6) is -1.06. The lowest BCUT2D eigenvalue weighted by atomic mass is 9.90. The van der Waals surface area contributed by atoms with Crippen LogP contribution in [-0.4, -0.2) is 47.6 Å². The highest BCUT2D eigenvalue weighted by atomic mass is 19.4. The number of carbonyl (C=O) groups is 2. The first kappa shape index (κ1) is 17.7. The van der Waals surface area contributed by atoms with E-state index in [4.69, 9.17) is 0 Å². The molecule has 0 saturated carbocycles. The lowest BCUT2D eigenvalue weighted by Crippen LogP contribution is -2.42. The van der Waals surface area contributed by atoms with Gasteiger partial charge in [0.2, 0.25) is 5.91 Å². The molecule has 0 bridgehead atoms. The Bertz CT molecular complexity index is 689. The van der Waals surface area contributed by atoms with E-state index in [0.29, 0.717) is 38.2 Å². The van der Waals surface area contributed by atoms with Crippen LogP contribution in [0.1, 0.15) is 25.3 Å². The molecular formula is C17H19F3N2O3. The highest BCUT2D eigenvalue weighted by molar-refractivity contribution is 5.99. The van der Waals surface area contributed by atoms with E-state index in [2.05, 4.69) is 0 Å². The third-order valence-corrected chi connectivity index (χ3v) is 5.14. The Morgan fingerprint density at radius 3 is 2.40 bits per heavy atom. The van der Waals surface area contributed by atoms with Gasteiger partial charge in [0, 0.05) is 25.3 Å². The molecule has 0 aromatic heterocycles. The van der Waals surface area contributed by atoms with Crippen molar-refractivity contribution < 1.29 is 27.9 Å². The molecule has 1 aromatic rings. The Hall–Kier alpha value is -2.09. The number of hydrogen-bond acceptors (Lipinski definition) is 3. The zero-order valence-corrected chi connectivity index (χ0v) is 13.7. The summed E-state index contributed by atoms with van der Waals surface area (Å²) in [6.45, 7) is 2.91. The third-order valence-electron chi connectivity index (χ3n) is 5.14. The van der Waals surface area contributed by atoms with Crippen LogP contribution in [0.5, 0.6) is 0 Å². The highest BCUT2D eigenvalue weighted by Crippen LogP contribution is 2.35. The van der Waals surface area contributed by atoms with Gasteiger partial charge in [-0.15, -0.1) is 0 Å². The van der Waals surface area contributed by atoms with E-state index >= 15 is 0 Å². The fraction of sp³-hybridized carbons (Fsp3) is 0.529. The summed E-state index contributed by atoms with van der Waals surface area (Å²) in [5.41, 5.74) is -1.18. The fourth-order valence-corrected chi connectivity index (χ4v) is 3.53. The summed E-state index contributed by atoms with van der Waals surface area (Å²) in [5, 5.41) is 9.31. The standard InChI is InChI=1S/C17H19F3N2O3/c1-16(15(24)25)7-9-21(10-16)13-6-8-22(14(13)23)12-4-2-11(3-5-12)17(18,19)20/h2-5,13H,6-10H2,1H3,(H,24,25). The van der Waals surface area contributed by atoms with Gasteiger partial charge in [0.05, 0.1) is 17.0 Å². The molecule has 2 heterocycles. The molecule has 136 valence electrons. The number of halogens is 3. The fourth-order valence-electron chi connectivity index (χ4n) is 3.53. The average Bonchev–Trinajstić information content (AvgIpc) is 3.11. The SMILES string of the molecule is CC1(C(=O)O)CCN(C2CCN(c3ccc(C(F)(F)F)cc3)C2=O)C1. The van der Waals surface area contributed by atoms with Crippen LogP contribution in [0.2, 0.25) is 0 Å². The lowest BCUT2D eigenvalue weighted by Gasteiger charge is -2.25. The number of likely N-dealkylation sites (tertiary alicyclic amines) is 1. The van der Waals surface area contributed by atoms with Crippen molar-refractivity contribution in [2.24, 2.45) is 5.41 Å². The molecule has 8 heteroatoms. The first-order valence-electron chi connectivity index (χ1n) is 8.08. The molecule has 1 amide bonds. The molecule has 0 spiro atoms. The number of hydrogen-bond donors (Lipinski definition) is 1. The summed E-state index contributed by atoms with van der Waals surface area (Å²) in [6.07, 6.45) is -3.39. The molecule has 2 aliphatic heterocycles. The molecule has 2 atom stereocenters. The number of rotatable bonds is 3. The number of amides is 1. The number of anilines is 1. The molecule has 25 heavy (non-hydrogen) atoms. The van der Waals surface area contributed by atoms with E-state index in [1.54, 1.807) is 6.92 Å². The number of alkyl halides is 3. The van der Waals surface area contributed by atoms with Crippen LogP contribution < -0.4 is 4.90 Å². The number of carbonyl (C=O) groups excluding carboxylic acids is 1. The molecule has 1 aromatic carbocycles. The second-order valence-electron chi connectivity index (χ2n) is 6.93. The van der Waals surface area contributed by atoms with Crippen LogP contribution in [0.4, 0.5) is 18.9 Å². The number of carboxylic acids is 1. The molecule has 2 fully saturated rings. The van der Waals surface area contributed by atoms with E-state index < -0.39 is 29.2 Å². The Morgan fingerprint density at radius 1 is 1.24 bits per heavy atom. The minimum atomic E-state index is -4.41. The Kier molecular flexibility index (Phi) is 4.26. The van der Waals surface area contributed by atoms with Crippen molar-refractivity contribution >= 4 is 17.6 Å². The van der Waals surface area contributed by atoms with Crippen LogP contribution in [-0.2, 0) is 15.8 Å². The maximum Gasteiger partial charge on any atom is 0.416 e. The van der Waals surface area contributed by atoms with Gasteiger partial charge < -0.3 is 10.0 Å². The zero-order chi connectivity index (χ0) is 18.4. The normalized spacial score (nSPS) is 27.9. The van der Waals surface area contributed by atoms with Crippen molar-refractivity contribution in [1.29, 1.82) is 0 Å². The number of nitrogens with zero attached hydrogens (tertiary/aromatic N) is 2. The van der Waals surface area contributed by atoms with Gasteiger partial charge in [-0.3, -0.25) is 14.5 Å². The molecule has 5 nitrogen and oxygen atoms in total. The lowest BCUT2D eigenvalue weighted by molar-refractivity contribution is -0.147. The second kappa shape index (κ2) is 6.01. The topological polar surface area (TPSA) is 60.9 Å². The smallest absolute Gasteiger partial charge is 0.416 e. The van der Waals surface area contributed by atoms with E-state index in [1.165, 1.54) is 17.0 Å². The molecule has 2 saturated heterocycles. The van der Waals surface area contributed by atoms with Crippen LogP contribution in [0, 0.1) is 5.41 Å². The number of carboxylic acid groups (broad SMARTS) is 1. The van der Waals surface area contributed by atoms with E-state index in [9.17, 15) is 27.9 Å². The van der Waals surface area contributed by atoms with Gasteiger partial charge in [-0.2, -0.15) is 13.2 Å². The quantitative estimate of drug-likeness (QED) is 0.904. The molecule has 2 unspecified atom stereocenters. The maximum atomic E-state index is 12.7. The molecule has 2 aliphatic rings. The monoisotopic (exact) mass is 356 g/mol. The van der Waals surface area contributed by atoms with Crippen LogP contribution in [0.25, 0.3) is 0 Å². The molecule has 0 radical (unpaired) electrons. The summed E-state index contributed by atoms with van der Waals surface area (Å²) < 4.78 is 37.9. The minimum Gasteiger partial charge on any atom is -0.481 e. The first-order valence-corrected chi connectivity index (χ1v) is 8.08. The van der Waals surface area contributed by atoms with Gasteiger partial charge in [-0.05, 0) is 44.0 Å². The summed E-state index contributed by atoms with van der Waals surface area (Å²) in [4.78, 5) is 27.4. The van der Waals surface area contributed by atoms with Crippen LogP contribution >= 0.6 is 0 Å². The summed E-state index contributed by atoms with van der Waals surface area (Å²) >= 11 is 0. The van der Waals surface area contributed by atoms with Crippen molar-refractivity contribution in [1.82, 2.24) is 4.90 Å². The van der Waals surface area contributed by atoms with Crippen molar-refractivity contribution in [3.8, 4) is 0 Å². The number of aliphatic carboxylic acids is 1. The van der Waals surface area contributed by atoms with Crippen LogP contribution in [0.15, 0.2) is 24.3 Å². The van der Waals surface area contributed by atoms with Crippen molar-refractivity contribution in [2.45, 2.75) is 32.0 Å². The van der Waals surface area contributed by atoms with Crippen molar-refractivity contribution in [3.63, 3.8) is 0 Å². The van der Waals surface area contributed by atoms with E-state index in [-0.39, 0.29) is 5.91 Å². The molecular weight excluding hydrogens is 337 g/mol. The van der Waals surface area contributed by atoms with Gasteiger partial charge in [0.1, 0.15) is 0 Å². The average molecular weight is 356 g/mol. The van der Waals surface area contributed by atoms with Crippen molar-refractivity contribution in [3.05, 3.63) is 29.8 Å². The summed E-state index contributed by atoms with van der Waals surface area (Å²) in [7, 11) is 0.